The molecule has 0 saturated carbocycles. The van der Waals surface area contributed by atoms with Gasteiger partial charge in [0.05, 0.1) is 36.8 Å². The number of nitrogens with zero attached hydrogens (tertiary/aromatic N) is 15. The smallest absolute Gasteiger partial charge is 0.305 e. The van der Waals surface area contributed by atoms with Gasteiger partial charge in [-0.15, -0.1) is 11.3 Å². The van der Waals surface area contributed by atoms with Crippen LogP contribution in [-0.2, 0) is 34.4 Å². The second kappa shape index (κ2) is 13.0. The number of hydrogen-bond donors (Lipinski definition) is 0. The monoisotopic (exact) mass is 877 g/mol. The third-order valence-electron chi connectivity index (χ3n) is 9.21. The second-order valence-electron chi connectivity index (χ2n) is 12.5. The van der Waals surface area contributed by atoms with E-state index in [4.69, 9.17) is 29.4 Å². The molecule has 10 rings (SSSR count). The molecule has 0 bridgehead atoms. The van der Waals surface area contributed by atoms with Crippen molar-refractivity contribution in [3.8, 4) is 35.0 Å². The zero-order chi connectivity index (χ0) is 37.4. The van der Waals surface area contributed by atoms with Gasteiger partial charge in [0.15, 0.2) is 0 Å². The highest BCUT2D eigenvalue weighted by molar-refractivity contribution is 9.11. The fourth-order valence-corrected chi connectivity index (χ4v) is 8.56. The Morgan fingerprint density at radius 2 is 1.35 bits per heavy atom. The normalized spacial score (nSPS) is 11.9. The number of aromatic nitrogens is 15. The average Bonchev–Trinajstić information content (AvgIpc) is 4.04. The number of aryl methyl sites for hydroxylation is 3. The number of tetrazole rings is 2. The molecule has 55 heavy (non-hydrogen) atoms. The van der Waals surface area contributed by atoms with Crippen LogP contribution in [0.25, 0.3) is 66.3 Å². The molecule has 20 heteroatoms. The molecule has 0 amide bonds. The number of benzene rings is 4. The molecule has 4 aromatic carbocycles. The first kappa shape index (κ1) is 33.4. The molecule has 6 heterocycles. The molecule has 0 fully saturated rings. The Balaban J connectivity index is 0.971. The van der Waals surface area contributed by atoms with Crippen molar-refractivity contribution in [3.05, 3.63) is 92.6 Å². The number of ether oxygens (including phenoxy) is 2. The summed E-state index contributed by atoms with van der Waals surface area (Å²) < 4.78 is 24.0. The Morgan fingerprint density at radius 1 is 0.655 bits per heavy atom. The predicted molar refractivity (Wildman–Crippen MR) is 210 cm³/mol. The molecule has 272 valence electrons. The molecule has 0 aliphatic carbocycles. The SMILES string of the molecule is Cn1nnnc1-n1c(OCc2nc3ccc(-c4ccc5c(nc(OCc6nc7ccccc7n6C)n5-c5nnnn5C)c4Br)cc3s2)nc2c(Br)cccc21. The van der Waals surface area contributed by atoms with Gasteiger partial charge >= 0.3 is 12.0 Å². The lowest BCUT2D eigenvalue weighted by atomic mass is 10.0. The van der Waals surface area contributed by atoms with E-state index >= 15 is 0 Å². The molecule has 0 radical (unpaired) electrons. The summed E-state index contributed by atoms with van der Waals surface area (Å²) in [6.45, 7) is 0.383. The van der Waals surface area contributed by atoms with Crippen molar-refractivity contribution in [3.63, 3.8) is 0 Å². The van der Waals surface area contributed by atoms with Crippen LogP contribution in [0.2, 0.25) is 0 Å². The Bertz CT molecular complexity index is 3100. The lowest BCUT2D eigenvalue weighted by Crippen LogP contribution is -2.10. The van der Waals surface area contributed by atoms with Gasteiger partial charge in [-0.2, -0.15) is 9.97 Å². The number of thiazole rings is 1. The van der Waals surface area contributed by atoms with Gasteiger partial charge in [-0.05, 0) is 106 Å². The van der Waals surface area contributed by atoms with Crippen molar-refractivity contribution >= 4 is 86.5 Å². The Morgan fingerprint density at radius 3 is 2.07 bits per heavy atom. The molecular weight excluding hydrogens is 854 g/mol. The minimum absolute atomic E-state index is 0.186. The first-order valence-electron chi connectivity index (χ1n) is 16.7. The quantitative estimate of drug-likeness (QED) is 0.160. The van der Waals surface area contributed by atoms with Crippen LogP contribution in [0, 0.1) is 0 Å². The van der Waals surface area contributed by atoms with Crippen molar-refractivity contribution in [1.82, 2.24) is 74.1 Å². The molecule has 0 saturated heterocycles. The minimum Gasteiger partial charge on any atom is -0.457 e. The fraction of sp³-hybridized carbons (Fsp3) is 0.143. The van der Waals surface area contributed by atoms with Crippen LogP contribution in [0.3, 0.4) is 0 Å². The highest BCUT2D eigenvalue weighted by atomic mass is 79.9. The van der Waals surface area contributed by atoms with Gasteiger partial charge < -0.3 is 14.0 Å². The Kier molecular flexibility index (Phi) is 7.92. The van der Waals surface area contributed by atoms with Crippen molar-refractivity contribution < 1.29 is 9.47 Å². The summed E-state index contributed by atoms with van der Waals surface area (Å²) in [7, 11) is 5.51. The van der Waals surface area contributed by atoms with E-state index in [9.17, 15) is 0 Å². The van der Waals surface area contributed by atoms with E-state index < -0.39 is 0 Å². The first-order chi connectivity index (χ1) is 26.8. The molecule has 10 aromatic rings. The summed E-state index contributed by atoms with van der Waals surface area (Å²) in [5.74, 6) is 1.69. The van der Waals surface area contributed by atoms with E-state index in [-0.39, 0.29) is 13.2 Å². The maximum absolute atomic E-state index is 6.37. The van der Waals surface area contributed by atoms with Crippen LogP contribution in [0.4, 0.5) is 0 Å². The molecule has 0 N–H and O–H groups in total. The van der Waals surface area contributed by atoms with Crippen LogP contribution in [0.1, 0.15) is 10.8 Å². The van der Waals surface area contributed by atoms with Crippen molar-refractivity contribution in [2.75, 3.05) is 0 Å². The number of halogens is 2. The minimum atomic E-state index is 0.186. The molecule has 0 aliphatic rings. The van der Waals surface area contributed by atoms with Crippen LogP contribution in [0.5, 0.6) is 12.0 Å². The Labute approximate surface area is 330 Å². The Hall–Kier alpha value is -6.12. The number of para-hydroxylation sites is 3. The summed E-state index contributed by atoms with van der Waals surface area (Å²) in [5, 5.41) is 25.0. The summed E-state index contributed by atoms with van der Waals surface area (Å²) >= 11 is 9.03. The molecule has 0 aliphatic heterocycles. The third kappa shape index (κ3) is 5.54. The van der Waals surface area contributed by atoms with Crippen LogP contribution < -0.4 is 9.47 Å². The van der Waals surface area contributed by atoms with E-state index in [1.807, 2.05) is 78.3 Å². The van der Waals surface area contributed by atoms with Gasteiger partial charge in [0, 0.05) is 25.6 Å². The standard InChI is InChI=1S/C35H25Br2N15O2S/c1-48-23-9-5-4-8-21(23)38-27(48)16-53-35-41-31-25(52(35)33-43-45-47-50(33)3)14-12-19(29(31)37)18-11-13-22-26(15-18)55-28(39-22)17-54-34-40-30-20(36)7-6-10-24(30)51(34)32-42-44-46-49(32)2/h4-15H,16-17H2,1-3H3. The molecule has 0 unspecified atom stereocenters. The van der Waals surface area contributed by atoms with E-state index in [0.717, 1.165) is 68.7 Å². The third-order valence-corrected chi connectivity index (χ3v) is 11.6. The van der Waals surface area contributed by atoms with E-state index in [2.05, 4.69) is 69.0 Å². The van der Waals surface area contributed by atoms with Gasteiger partial charge in [0.25, 0.3) is 11.9 Å². The molecular formula is C35H25Br2N15O2S. The van der Waals surface area contributed by atoms with Crippen molar-refractivity contribution in [1.29, 1.82) is 0 Å². The maximum atomic E-state index is 6.37. The van der Waals surface area contributed by atoms with Crippen LogP contribution in [0.15, 0.2) is 81.7 Å². The summed E-state index contributed by atoms with van der Waals surface area (Å²) in [5.41, 5.74) is 7.68. The van der Waals surface area contributed by atoms with Crippen molar-refractivity contribution in [2.24, 2.45) is 21.1 Å². The highest BCUT2D eigenvalue weighted by Crippen LogP contribution is 2.39. The average molecular weight is 880 g/mol. The number of imidazole rings is 3. The van der Waals surface area contributed by atoms with E-state index in [1.54, 1.807) is 43.9 Å². The number of fused-ring (bicyclic) bond motifs is 4. The zero-order valence-electron chi connectivity index (χ0n) is 29.0. The van der Waals surface area contributed by atoms with Gasteiger partial charge in [-0.25, -0.2) is 28.5 Å². The van der Waals surface area contributed by atoms with Crippen LogP contribution >= 0.6 is 43.2 Å². The van der Waals surface area contributed by atoms with E-state index in [1.165, 1.54) is 0 Å². The second-order valence-corrected chi connectivity index (χ2v) is 15.3. The lowest BCUT2D eigenvalue weighted by molar-refractivity contribution is 0.264. The summed E-state index contributed by atoms with van der Waals surface area (Å²) in [6, 6.07) is 24.7. The molecule has 6 aromatic heterocycles. The zero-order valence-corrected chi connectivity index (χ0v) is 33.0. The van der Waals surface area contributed by atoms with Gasteiger partial charge in [0.2, 0.25) is 0 Å². The number of rotatable bonds is 9. The fourth-order valence-electron chi connectivity index (χ4n) is 6.55. The lowest BCUT2D eigenvalue weighted by Gasteiger charge is -2.09. The predicted octanol–water partition coefficient (Wildman–Crippen LogP) is 6.26. The molecule has 0 spiro atoms. The number of hydrogen-bond acceptors (Lipinski definition) is 13. The molecule has 17 nitrogen and oxygen atoms in total. The largest absolute Gasteiger partial charge is 0.457 e. The van der Waals surface area contributed by atoms with Gasteiger partial charge in [-0.1, -0.05) is 40.5 Å². The van der Waals surface area contributed by atoms with Gasteiger partial charge in [-0.3, -0.25) is 0 Å². The van der Waals surface area contributed by atoms with E-state index in [0.29, 0.717) is 29.4 Å². The van der Waals surface area contributed by atoms with Crippen molar-refractivity contribution in [2.45, 2.75) is 13.2 Å². The van der Waals surface area contributed by atoms with Gasteiger partial charge in [0.1, 0.15) is 35.1 Å². The topological polar surface area (TPSA) is 172 Å². The summed E-state index contributed by atoms with van der Waals surface area (Å²) in [4.78, 5) is 19.4. The van der Waals surface area contributed by atoms with Crippen LogP contribution in [-0.4, -0.2) is 74.1 Å². The maximum Gasteiger partial charge on any atom is 0.305 e. The first-order valence-corrected chi connectivity index (χ1v) is 19.1. The summed E-state index contributed by atoms with van der Waals surface area (Å²) in [6.07, 6.45) is 0. The molecule has 0 atom stereocenters. The highest BCUT2D eigenvalue weighted by Gasteiger charge is 2.24.